The fourth-order valence-electron chi connectivity index (χ4n) is 4.19. The highest BCUT2D eigenvalue weighted by molar-refractivity contribution is 7.09. The molecule has 1 N–H and O–H groups in total. The van der Waals surface area contributed by atoms with Gasteiger partial charge in [0, 0.05) is 36.3 Å². The third kappa shape index (κ3) is 5.08. The quantitative estimate of drug-likeness (QED) is 0.564. The van der Waals surface area contributed by atoms with Gasteiger partial charge in [-0.3, -0.25) is 24.8 Å². The Bertz CT molecular complexity index is 1230. The molecule has 1 saturated heterocycles. The number of likely N-dealkylation sites (tertiary alicyclic amines) is 1. The van der Waals surface area contributed by atoms with Gasteiger partial charge in [0.2, 0.25) is 5.91 Å². The maximum atomic E-state index is 12.9. The van der Waals surface area contributed by atoms with Crippen molar-refractivity contribution < 1.29 is 22.8 Å². The number of nitrogens with one attached hydrogen (secondary N) is 1. The molecule has 3 aromatic heterocycles. The summed E-state index contributed by atoms with van der Waals surface area (Å²) in [5.41, 5.74) is 4.66. The maximum absolute atomic E-state index is 12.9. The Morgan fingerprint density at radius 2 is 2.09 bits per heavy atom. The van der Waals surface area contributed by atoms with E-state index in [1.54, 1.807) is 22.4 Å². The van der Waals surface area contributed by atoms with E-state index in [1.807, 2.05) is 29.7 Å². The summed E-state index contributed by atoms with van der Waals surface area (Å²) < 4.78 is 39.8. The number of hydrogen-bond donors (Lipinski definition) is 1. The van der Waals surface area contributed by atoms with Crippen LogP contribution in [0.1, 0.15) is 52.6 Å². The van der Waals surface area contributed by atoms with Crippen LogP contribution in [0.3, 0.4) is 0 Å². The van der Waals surface area contributed by atoms with E-state index in [2.05, 4.69) is 15.6 Å². The van der Waals surface area contributed by atoms with Crippen LogP contribution < -0.4 is 5.48 Å². The number of nitrogens with zero attached hydrogens (tertiary/aromatic N) is 5. The number of hydroxylamine groups is 1. The van der Waals surface area contributed by atoms with Gasteiger partial charge in [-0.25, -0.2) is 4.98 Å². The van der Waals surface area contributed by atoms with Crippen molar-refractivity contribution in [3.05, 3.63) is 69.7 Å². The van der Waals surface area contributed by atoms with Gasteiger partial charge < -0.3 is 4.90 Å². The van der Waals surface area contributed by atoms with E-state index in [1.165, 1.54) is 6.92 Å². The summed E-state index contributed by atoms with van der Waals surface area (Å²) in [6.45, 7) is 2.36. The van der Waals surface area contributed by atoms with E-state index in [-0.39, 0.29) is 24.5 Å². The number of aromatic nitrogens is 4. The molecule has 0 radical (unpaired) electrons. The number of carbonyl (C=O) groups excluding carboxylic acids is 1. The second-order valence-electron chi connectivity index (χ2n) is 8.53. The van der Waals surface area contributed by atoms with Crippen LogP contribution in [0.25, 0.3) is 5.70 Å². The van der Waals surface area contributed by atoms with Crippen LogP contribution in [0.5, 0.6) is 0 Å². The fraction of sp³-hybridized carbons (Fsp3) is 0.391. The fourth-order valence-corrected chi connectivity index (χ4v) is 5.18. The van der Waals surface area contributed by atoms with Crippen molar-refractivity contribution >= 4 is 22.9 Å². The van der Waals surface area contributed by atoms with Gasteiger partial charge in [0.1, 0.15) is 12.6 Å². The minimum absolute atomic E-state index is 0.203. The molecular formula is C23H23F3N6O2S. The molecule has 5 rings (SSSR count). The summed E-state index contributed by atoms with van der Waals surface area (Å²) in [4.78, 5) is 29.1. The number of rotatable bonds is 5. The van der Waals surface area contributed by atoms with Gasteiger partial charge in [0.25, 0.3) is 0 Å². The van der Waals surface area contributed by atoms with E-state index < -0.39 is 11.9 Å². The number of carbonyl (C=O) groups is 1. The number of aryl methyl sites for hydroxylation is 1. The number of amides is 1. The average molecular weight is 505 g/mol. The molecule has 5 heterocycles. The Morgan fingerprint density at radius 3 is 2.77 bits per heavy atom. The summed E-state index contributed by atoms with van der Waals surface area (Å²) in [6.07, 6.45) is 0.340. The van der Waals surface area contributed by atoms with Crippen molar-refractivity contribution in [1.82, 2.24) is 30.1 Å². The van der Waals surface area contributed by atoms with E-state index in [4.69, 9.17) is 9.82 Å². The topological polar surface area (TPSA) is 85.2 Å². The van der Waals surface area contributed by atoms with Crippen molar-refractivity contribution in [3.63, 3.8) is 0 Å². The Morgan fingerprint density at radius 1 is 1.29 bits per heavy atom. The number of pyridine rings is 1. The molecule has 2 aliphatic rings. The van der Waals surface area contributed by atoms with Gasteiger partial charge in [-0.05, 0) is 44.0 Å². The van der Waals surface area contributed by atoms with Gasteiger partial charge >= 0.3 is 6.18 Å². The molecule has 0 saturated carbocycles. The second-order valence-corrected chi connectivity index (χ2v) is 9.42. The highest BCUT2D eigenvalue weighted by Gasteiger charge is 2.35. The molecule has 2 aliphatic heterocycles. The first-order chi connectivity index (χ1) is 16.8. The Balaban J connectivity index is 1.17. The van der Waals surface area contributed by atoms with Crippen LogP contribution >= 0.6 is 11.3 Å². The summed E-state index contributed by atoms with van der Waals surface area (Å²) in [5.74, 6) is -0.0168. The first kappa shape index (κ1) is 23.5. The highest BCUT2D eigenvalue weighted by Crippen LogP contribution is 2.34. The lowest BCUT2D eigenvalue weighted by atomic mass is 9.97. The smallest absolute Gasteiger partial charge is 0.341 e. The summed E-state index contributed by atoms with van der Waals surface area (Å²) in [5, 5.41) is 6.53. The monoisotopic (exact) mass is 504 g/mol. The molecule has 35 heavy (non-hydrogen) atoms. The zero-order chi connectivity index (χ0) is 24.6. The predicted molar refractivity (Wildman–Crippen MR) is 122 cm³/mol. The predicted octanol–water partition coefficient (Wildman–Crippen LogP) is 4.09. The zero-order valence-electron chi connectivity index (χ0n) is 18.8. The third-order valence-electron chi connectivity index (χ3n) is 6.14. The van der Waals surface area contributed by atoms with Gasteiger partial charge in [-0.2, -0.15) is 18.3 Å². The number of thiazole rings is 1. The van der Waals surface area contributed by atoms with Crippen molar-refractivity contribution in [2.24, 2.45) is 0 Å². The van der Waals surface area contributed by atoms with Crippen LogP contribution in [-0.4, -0.2) is 43.6 Å². The van der Waals surface area contributed by atoms with Gasteiger partial charge in [0.15, 0.2) is 5.69 Å². The van der Waals surface area contributed by atoms with E-state index in [9.17, 15) is 18.0 Å². The molecule has 3 aromatic rings. The van der Waals surface area contributed by atoms with Crippen LogP contribution in [0.2, 0.25) is 0 Å². The van der Waals surface area contributed by atoms with Gasteiger partial charge in [-0.15, -0.1) is 11.3 Å². The largest absolute Gasteiger partial charge is 0.435 e. The second kappa shape index (κ2) is 9.42. The van der Waals surface area contributed by atoms with Crippen molar-refractivity contribution in [3.8, 4) is 0 Å². The van der Waals surface area contributed by atoms with Crippen LogP contribution in [0, 0.1) is 6.92 Å². The molecule has 1 amide bonds. The van der Waals surface area contributed by atoms with E-state index in [0.29, 0.717) is 18.8 Å². The Labute approximate surface area is 203 Å². The van der Waals surface area contributed by atoms with E-state index in [0.717, 1.165) is 45.7 Å². The summed E-state index contributed by atoms with van der Waals surface area (Å²) >= 11 is 1.57. The highest BCUT2D eigenvalue weighted by atomic mass is 32.1. The molecule has 1 fully saturated rings. The van der Waals surface area contributed by atoms with Crippen LogP contribution in [-0.2, 0) is 22.4 Å². The van der Waals surface area contributed by atoms with Gasteiger partial charge in [0.05, 0.1) is 22.1 Å². The first-order valence-electron chi connectivity index (χ1n) is 11.2. The molecule has 184 valence electrons. The summed E-state index contributed by atoms with van der Waals surface area (Å²) in [7, 11) is 0. The van der Waals surface area contributed by atoms with E-state index >= 15 is 0 Å². The van der Waals surface area contributed by atoms with Crippen LogP contribution in [0.4, 0.5) is 13.2 Å². The number of alkyl halides is 3. The SMILES string of the molecule is Cc1cc(C(F)(F)F)nn1CC(=O)N1CCC(c2nc(C3=CC(c4ccccn4)ON3)cs2)CC1. The molecule has 0 spiro atoms. The lowest BCUT2D eigenvalue weighted by molar-refractivity contribution is -0.142. The first-order valence-corrected chi connectivity index (χ1v) is 12.1. The minimum atomic E-state index is -4.53. The third-order valence-corrected chi connectivity index (χ3v) is 7.15. The molecular weight excluding hydrogens is 481 g/mol. The lowest BCUT2D eigenvalue weighted by Gasteiger charge is -2.31. The Kier molecular flexibility index (Phi) is 6.32. The van der Waals surface area contributed by atoms with Crippen molar-refractivity contribution in [2.45, 2.75) is 44.5 Å². The zero-order valence-corrected chi connectivity index (χ0v) is 19.6. The average Bonchev–Trinajstić information content (AvgIpc) is 3.60. The number of halogens is 3. The minimum Gasteiger partial charge on any atom is -0.341 e. The molecule has 1 atom stereocenters. The van der Waals surface area contributed by atoms with Crippen molar-refractivity contribution in [2.75, 3.05) is 13.1 Å². The molecule has 0 aliphatic carbocycles. The summed E-state index contributed by atoms with van der Waals surface area (Å²) in [6, 6.07) is 6.61. The number of hydrogen-bond acceptors (Lipinski definition) is 7. The molecule has 8 nitrogen and oxygen atoms in total. The Hall–Kier alpha value is -3.25. The van der Waals surface area contributed by atoms with Crippen molar-refractivity contribution in [1.29, 1.82) is 0 Å². The van der Waals surface area contributed by atoms with Crippen LogP contribution in [0.15, 0.2) is 41.9 Å². The number of piperidine rings is 1. The molecule has 1 unspecified atom stereocenters. The molecule has 12 heteroatoms. The standard InChI is InChI=1S/C23H23F3N6O2S/c1-14-10-20(23(24,25)26)29-32(14)12-21(33)31-8-5-15(6-9-31)22-28-18(13-35-22)17-11-19(34-30-17)16-4-2-3-7-27-16/h2-4,7,10-11,13,15,19,30H,5-6,8-9,12H2,1H3. The molecule has 0 aromatic carbocycles. The normalized spacial score (nSPS) is 19.0. The van der Waals surface area contributed by atoms with Gasteiger partial charge in [-0.1, -0.05) is 6.07 Å². The molecule has 0 bridgehead atoms. The lowest BCUT2D eigenvalue weighted by Crippen LogP contribution is -2.40. The maximum Gasteiger partial charge on any atom is 0.435 e.